The third kappa shape index (κ3) is 5.76. The van der Waals surface area contributed by atoms with Gasteiger partial charge in [-0.25, -0.2) is 0 Å². The van der Waals surface area contributed by atoms with Crippen LogP contribution in [0.5, 0.6) is 0 Å². The van der Waals surface area contributed by atoms with Gasteiger partial charge < -0.3 is 5.73 Å². The molecule has 17 heavy (non-hydrogen) atoms. The van der Waals surface area contributed by atoms with Gasteiger partial charge in [0.05, 0.1) is 6.07 Å². The van der Waals surface area contributed by atoms with E-state index >= 15 is 0 Å². The van der Waals surface area contributed by atoms with Crippen LogP contribution in [0, 0.1) is 18.3 Å². The molecule has 0 aromatic heterocycles. The first-order valence-electron chi connectivity index (χ1n) is 5.93. The molecule has 0 saturated heterocycles. The molecule has 1 unspecified atom stereocenters. The van der Waals surface area contributed by atoms with Crippen molar-refractivity contribution < 1.29 is 0 Å². The number of nitrogens with zero attached hydrogens (tertiary/aromatic N) is 1. The van der Waals surface area contributed by atoms with Gasteiger partial charge in [-0.05, 0) is 51.0 Å². The Kier molecular flexibility index (Phi) is 5.54. The Labute approximate surface area is 108 Å². The van der Waals surface area contributed by atoms with Crippen molar-refractivity contribution in [1.29, 1.82) is 5.26 Å². The lowest BCUT2D eigenvalue weighted by molar-refractivity contribution is 0.519. The molecule has 0 aliphatic rings. The molecule has 92 valence electrons. The highest BCUT2D eigenvalue weighted by Gasteiger charge is 2.15. The van der Waals surface area contributed by atoms with Crippen molar-refractivity contribution in [3.63, 3.8) is 0 Å². The Morgan fingerprint density at radius 1 is 1.29 bits per heavy atom. The van der Waals surface area contributed by atoms with E-state index in [4.69, 9.17) is 11.0 Å². The molecule has 1 aromatic carbocycles. The van der Waals surface area contributed by atoms with Crippen molar-refractivity contribution in [2.75, 3.05) is 5.75 Å². The van der Waals surface area contributed by atoms with Gasteiger partial charge in [0.1, 0.15) is 5.54 Å². The van der Waals surface area contributed by atoms with Gasteiger partial charge in [-0.15, -0.1) is 11.8 Å². The topological polar surface area (TPSA) is 49.8 Å². The van der Waals surface area contributed by atoms with E-state index in [1.54, 1.807) is 6.92 Å². The highest BCUT2D eigenvalue weighted by Crippen LogP contribution is 2.20. The zero-order chi connectivity index (χ0) is 12.7. The first-order chi connectivity index (χ1) is 8.03. The fourth-order valence-electron chi connectivity index (χ4n) is 1.47. The molecule has 1 atom stereocenters. The van der Waals surface area contributed by atoms with Gasteiger partial charge in [0.25, 0.3) is 0 Å². The Morgan fingerprint density at radius 2 is 1.94 bits per heavy atom. The number of hydrogen-bond donors (Lipinski definition) is 1. The second-order valence-corrected chi connectivity index (χ2v) is 5.82. The summed E-state index contributed by atoms with van der Waals surface area (Å²) < 4.78 is 0. The van der Waals surface area contributed by atoms with E-state index in [2.05, 4.69) is 37.3 Å². The lowest BCUT2D eigenvalue weighted by Crippen LogP contribution is -2.33. The van der Waals surface area contributed by atoms with E-state index in [0.717, 1.165) is 25.0 Å². The van der Waals surface area contributed by atoms with Crippen molar-refractivity contribution in [2.24, 2.45) is 5.73 Å². The summed E-state index contributed by atoms with van der Waals surface area (Å²) in [5.74, 6) is 1.09. The summed E-state index contributed by atoms with van der Waals surface area (Å²) >= 11 is 1.86. The molecule has 0 aliphatic carbocycles. The van der Waals surface area contributed by atoms with Gasteiger partial charge in [-0.2, -0.15) is 5.26 Å². The summed E-state index contributed by atoms with van der Waals surface area (Å²) in [5, 5.41) is 8.77. The van der Waals surface area contributed by atoms with Crippen LogP contribution in [0.3, 0.4) is 0 Å². The Morgan fingerprint density at radius 3 is 2.53 bits per heavy atom. The third-order valence-electron chi connectivity index (χ3n) is 2.64. The quantitative estimate of drug-likeness (QED) is 0.619. The fraction of sp³-hybridized carbons (Fsp3) is 0.500. The molecular formula is C14H20N2S. The zero-order valence-corrected chi connectivity index (χ0v) is 11.4. The monoisotopic (exact) mass is 248 g/mol. The normalized spacial score (nSPS) is 14.0. The van der Waals surface area contributed by atoms with Crippen LogP contribution in [0.15, 0.2) is 29.2 Å². The average molecular weight is 248 g/mol. The van der Waals surface area contributed by atoms with Crippen molar-refractivity contribution >= 4 is 11.8 Å². The molecule has 0 aliphatic heterocycles. The van der Waals surface area contributed by atoms with Crippen LogP contribution in [-0.4, -0.2) is 11.3 Å². The molecule has 3 heteroatoms. The summed E-state index contributed by atoms with van der Waals surface area (Å²) in [5.41, 5.74) is 6.39. The predicted octanol–water partition coefficient (Wildman–Crippen LogP) is 3.50. The van der Waals surface area contributed by atoms with Gasteiger partial charge in [0.2, 0.25) is 0 Å². The van der Waals surface area contributed by atoms with Crippen molar-refractivity contribution in [3.8, 4) is 6.07 Å². The van der Waals surface area contributed by atoms with Gasteiger partial charge in [0.15, 0.2) is 0 Å². The molecule has 1 rings (SSSR count). The van der Waals surface area contributed by atoms with Crippen LogP contribution in [0.2, 0.25) is 0 Å². The second-order valence-electron chi connectivity index (χ2n) is 4.65. The van der Waals surface area contributed by atoms with E-state index in [0.29, 0.717) is 0 Å². The van der Waals surface area contributed by atoms with E-state index in [1.165, 1.54) is 10.5 Å². The summed E-state index contributed by atoms with van der Waals surface area (Å²) in [7, 11) is 0. The first-order valence-corrected chi connectivity index (χ1v) is 6.92. The number of thioether (sulfide) groups is 1. The zero-order valence-electron chi connectivity index (χ0n) is 10.6. The lowest BCUT2D eigenvalue weighted by atomic mass is 9.99. The van der Waals surface area contributed by atoms with Crippen LogP contribution < -0.4 is 5.73 Å². The second kappa shape index (κ2) is 6.68. The number of aryl methyl sites for hydroxylation is 1. The van der Waals surface area contributed by atoms with E-state index in [-0.39, 0.29) is 0 Å². The average Bonchev–Trinajstić information content (AvgIpc) is 2.31. The third-order valence-corrected chi connectivity index (χ3v) is 3.73. The Bertz CT molecular complexity index is 376. The van der Waals surface area contributed by atoms with E-state index < -0.39 is 5.54 Å². The maximum atomic E-state index is 8.77. The fourth-order valence-corrected chi connectivity index (χ4v) is 2.39. The van der Waals surface area contributed by atoms with Crippen LogP contribution in [0.4, 0.5) is 0 Å². The van der Waals surface area contributed by atoms with Gasteiger partial charge in [0, 0.05) is 4.90 Å². The molecule has 0 saturated carbocycles. The summed E-state index contributed by atoms with van der Waals surface area (Å²) in [6.45, 7) is 3.89. The van der Waals surface area contributed by atoms with Crippen LogP contribution in [-0.2, 0) is 0 Å². The number of rotatable bonds is 6. The smallest absolute Gasteiger partial charge is 0.101 e. The number of unbranched alkanes of at least 4 members (excludes halogenated alkanes) is 1. The van der Waals surface area contributed by atoms with E-state index in [1.807, 2.05) is 11.8 Å². The molecule has 0 bridgehead atoms. The predicted molar refractivity (Wildman–Crippen MR) is 74.0 cm³/mol. The lowest BCUT2D eigenvalue weighted by Gasteiger charge is -2.14. The van der Waals surface area contributed by atoms with Gasteiger partial charge in [-0.1, -0.05) is 17.7 Å². The minimum atomic E-state index is -0.658. The van der Waals surface area contributed by atoms with Crippen molar-refractivity contribution in [2.45, 2.75) is 43.5 Å². The standard InChI is InChI=1S/C14H20N2S/c1-12-5-7-13(8-6-12)17-10-4-3-9-14(2,16)11-15/h5-8H,3-4,9-10,16H2,1-2H3. The molecule has 0 radical (unpaired) electrons. The Hall–Kier alpha value is -0.980. The maximum absolute atomic E-state index is 8.77. The number of nitriles is 1. The molecule has 0 amide bonds. The molecule has 0 fully saturated rings. The van der Waals surface area contributed by atoms with Crippen LogP contribution in [0.25, 0.3) is 0 Å². The largest absolute Gasteiger partial charge is 0.314 e. The van der Waals surface area contributed by atoms with Gasteiger partial charge >= 0.3 is 0 Å². The van der Waals surface area contributed by atoms with Crippen LogP contribution >= 0.6 is 11.8 Å². The van der Waals surface area contributed by atoms with Gasteiger partial charge in [-0.3, -0.25) is 0 Å². The molecule has 1 aromatic rings. The Balaban J connectivity index is 2.17. The first kappa shape index (κ1) is 14.1. The molecule has 0 spiro atoms. The van der Waals surface area contributed by atoms with Crippen LogP contribution in [0.1, 0.15) is 31.7 Å². The minimum Gasteiger partial charge on any atom is -0.314 e. The molecule has 2 N–H and O–H groups in total. The molecular weight excluding hydrogens is 228 g/mol. The number of nitrogens with two attached hydrogens (primary N) is 1. The number of hydrogen-bond acceptors (Lipinski definition) is 3. The maximum Gasteiger partial charge on any atom is 0.101 e. The summed E-state index contributed by atoms with van der Waals surface area (Å²) in [4.78, 5) is 1.31. The SMILES string of the molecule is Cc1ccc(SCCCCC(C)(N)C#N)cc1. The molecule has 0 heterocycles. The highest BCUT2D eigenvalue weighted by molar-refractivity contribution is 7.99. The van der Waals surface area contributed by atoms with Crippen molar-refractivity contribution in [3.05, 3.63) is 29.8 Å². The highest BCUT2D eigenvalue weighted by atomic mass is 32.2. The molecule has 2 nitrogen and oxygen atoms in total. The van der Waals surface area contributed by atoms with E-state index in [9.17, 15) is 0 Å². The number of benzene rings is 1. The van der Waals surface area contributed by atoms with Crippen molar-refractivity contribution in [1.82, 2.24) is 0 Å². The minimum absolute atomic E-state index is 0.658. The summed E-state index contributed by atoms with van der Waals surface area (Å²) in [6.07, 6.45) is 2.89. The summed E-state index contributed by atoms with van der Waals surface area (Å²) in [6, 6.07) is 10.7.